The number of amides is 2. The van der Waals surface area contributed by atoms with E-state index in [1.54, 1.807) is 13.0 Å². The second kappa shape index (κ2) is 10.3. The van der Waals surface area contributed by atoms with Crippen molar-refractivity contribution < 1.29 is 22.8 Å². The molecule has 32 heavy (non-hydrogen) atoms. The van der Waals surface area contributed by atoms with Crippen LogP contribution in [0.25, 0.3) is 16.5 Å². The number of carbonyl (C=O) groups excluding carboxylic acids is 2. The van der Waals surface area contributed by atoms with Crippen molar-refractivity contribution in [2.45, 2.75) is 13.1 Å². The number of halogens is 3. The third-order valence-corrected chi connectivity index (χ3v) is 5.71. The maximum Gasteiger partial charge on any atom is 0.418 e. The number of anilines is 1. The Morgan fingerprint density at radius 3 is 2.38 bits per heavy atom. The van der Waals surface area contributed by atoms with E-state index in [0.29, 0.717) is 0 Å². The van der Waals surface area contributed by atoms with Crippen LogP contribution in [0.3, 0.4) is 0 Å². The van der Waals surface area contributed by atoms with Gasteiger partial charge < -0.3 is 10.2 Å². The van der Waals surface area contributed by atoms with E-state index < -0.39 is 23.6 Å². The zero-order valence-electron chi connectivity index (χ0n) is 17.2. The maximum atomic E-state index is 13.1. The van der Waals surface area contributed by atoms with Crippen LogP contribution >= 0.6 is 11.3 Å². The van der Waals surface area contributed by atoms with Gasteiger partial charge in [-0.15, -0.1) is 11.3 Å². The van der Waals surface area contributed by atoms with Gasteiger partial charge in [-0.3, -0.25) is 9.59 Å². The number of para-hydroxylation sites is 1. The molecule has 3 rings (SSSR count). The maximum absolute atomic E-state index is 13.1. The predicted molar refractivity (Wildman–Crippen MR) is 121 cm³/mol. The van der Waals surface area contributed by atoms with Gasteiger partial charge in [0, 0.05) is 22.4 Å². The van der Waals surface area contributed by atoms with Crippen molar-refractivity contribution in [3.8, 4) is 10.4 Å². The number of nitrogens with one attached hydrogen (secondary N) is 1. The highest BCUT2D eigenvalue weighted by Gasteiger charge is 2.33. The molecule has 1 aromatic heterocycles. The van der Waals surface area contributed by atoms with Gasteiger partial charge in [0.25, 0.3) is 0 Å². The van der Waals surface area contributed by atoms with Crippen molar-refractivity contribution in [3.05, 3.63) is 83.2 Å². The molecule has 4 nitrogen and oxygen atoms in total. The average Bonchev–Trinajstić information content (AvgIpc) is 3.25. The Hall–Kier alpha value is -3.39. The predicted octanol–water partition coefficient (Wildman–Crippen LogP) is 5.93. The summed E-state index contributed by atoms with van der Waals surface area (Å²) >= 11 is 1.52. The number of thiophene rings is 1. The topological polar surface area (TPSA) is 49.4 Å². The molecule has 1 heterocycles. The Labute approximate surface area is 188 Å². The number of alkyl halides is 3. The number of hydrogen-bond donors (Lipinski definition) is 1. The highest BCUT2D eigenvalue weighted by Crippen LogP contribution is 2.34. The standard InChI is InChI=1S/C24H21F3N2O2S/c1-2-29(16-22(30)28-20-11-7-6-10-19(20)24(25,26)27)23(31)15-13-18-12-14-21(32-18)17-8-4-3-5-9-17/h3-15H,2,16H2,1H3,(H,28,30). The number of hydrogen-bond acceptors (Lipinski definition) is 3. The van der Waals surface area contributed by atoms with Crippen molar-refractivity contribution >= 4 is 34.9 Å². The van der Waals surface area contributed by atoms with Crippen LogP contribution < -0.4 is 5.32 Å². The van der Waals surface area contributed by atoms with E-state index in [-0.39, 0.29) is 18.8 Å². The molecule has 8 heteroatoms. The van der Waals surface area contributed by atoms with Crippen molar-refractivity contribution in [1.82, 2.24) is 4.90 Å². The average molecular weight is 459 g/mol. The van der Waals surface area contributed by atoms with Gasteiger partial charge in [0.15, 0.2) is 0 Å². The minimum absolute atomic E-state index is 0.233. The van der Waals surface area contributed by atoms with Crippen molar-refractivity contribution in [3.63, 3.8) is 0 Å². The van der Waals surface area contributed by atoms with Crippen molar-refractivity contribution in [1.29, 1.82) is 0 Å². The van der Waals surface area contributed by atoms with E-state index >= 15 is 0 Å². The van der Waals surface area contributed by atoms with E-state index in [1.807, 2.05) is 42.5 Å². The minimum atomic E-state index is -4.59. The third kappa shape index (κ3) is 6.07. The molecule has 0 spiro atoms. The molecule has 0 unspecified atom stereocenters. The fraction of sp³-hybridized carbons (Fsp3) is 0.167. The molecule has 0 fully saturated rings. The van der Waals surface area contributed by atoms with Gasteiger partial charge in [0.1, 0.15) is 6.54 Å². The second-order valence-corrected chi connectivity index (χ2v) is 7.96. The van der Waals surface area contributed by atoms with E-state index in [9.17, 15) is 22.8 Å². The fourth-order valence-corrected chi connectivity index (χ4v) is 3.92. The summed E-state index contributed by atoms with van der Waals surface area (Å²) in [6.07, 6.45) is -1.56. The van der Waals surface area contributed by atoms with Crippen molar-refractivity contribution in [2.75, 3.05) is 18.4 Å². The van der Waals surface area contributed by atoms with E-state index in [1.165, 1.54) is 40.5 Å². The lowest BCUT2D eigenvalue weighted by molar-refractivity contribution is -0.137. The van der Waals surface area contributed by atoms with Crippen LogP contribution in [-0.4, -0.2) is 29.8 Å². The Balaban J connectivity index is 1.63. The third-order valence-electron chi connectivity index (χ3n) is 4.61. The molecule has 0 radical (unpaired) electrons. The van der Waals surface area contributed by atoms with E-state index in [4.69, 9.17) is 0 Å². The monoisotopic (exact) mass is 458 g/mol. The number of rotatable bonds is 7. The molecule has 0 aliphatic heterocycles. The van der Waals surface area contributed by atoms with Gasteiger partial charge in [-0.25, -0.2) is 0 Å². The quantitative estimate of drug-likeness (QED) is 0.446. The molecule has 2 aromatic carbocycles. The molecule has 0 aliphatic carbocycles. The molecule has 166 valence electrons. The van der Waals surface area contributed by atoms with E-state index in [2.05, 4.69) is 5.32 Å². The number of carbonyl (C=O) groups is 2. The normalized spacial score (nSPS) is 11.5. The molecular weight excluding hydrogens is 437 g/mol. The lowest BCUT2D eigenvalue weighted by atomic mass is 10.1. The molecular formula is C24H21F3N2O2S. The summed E-state index contributed by atoms with van der Waals surface area (Å²) in [5, 5.41) is 2.26. The molecule has 2 amide bonds. The van der Waals surface area contributed by atoms with Crippen LogP contribution in [-0.2, 0) is 15.8 Å². The molecule has 1 N–H and O–H groups in total. The van der Waals surface area contributed by atoms with Crippen LogP contribution in [0.2, 0.25) is 0 Å². The van der Waals surface area contributed by atoms with Crippen LogP contribution in [0.4, 0.5) is 18.9 Å². The SMILES string of the molecule is CCN(CC(=O)Nc1ccccc1C(F)(F)F)C(=O)C=Cc1ccc(-c2ccccc2)s1. The van der Waals surface area contributed by atoms with E-state index in [0.717, 1.165) is 21.4 Å². The van der Waals surface area contributed by atoms with Crippen LogP contribution in [0.15, 0.2) is 72.8 Å². The summed E-state index contributed by atoms with van der Waals surface area (Å²) in [7, 11) is 0. The summed E-state index contributed by atoms with van der Waals surface area (Å²) in [6, 6.07) is 18.4. The molecule has 3 aromatic rings. The Bertz CT molecular complexity index is 1110. The van der Waals surface area contributed by atoms with Gasteiger partial charge in [0.05, 0.1) is 11.3 Å². The van der Waals surface area contributed by atoms with Gasteiger partial charge in [0.2, 0.25) is 11.8 Å². The number of likely N-dealkylation sites (N-methyl/N-ethyl adjacent to an activating group) is 1. The minimum Gasteiger partial charge on any atom is -0.330 e. The van der Waals surface area contributed by atoms with Crippen LogP contribution in [0.1, 0.15) is 17.4 Å². The van der Waals surface area contributed by atoms with Gasteiger partial charge >= 0.3 is 6.18 Å². The highest BCUT2D eigenvalue weighted by atomic mass is 32.1. The lowest BCUT2D eigenvalue weighted by Gasteiger charge is -2.19. The van der Waals surface area contributed by atoms with Crippen LogP contribution in [0.5, 0.6) is 0 Å². The summed E-state index contributed by atoms with van der Waals surface area (Å²) < 4.78 is 39.3. The Morgan fingerprint density at radius 1 is 1.00 bits per heavy atom. The molecule has 0 aliphatic rings. The molecule has 0 atom stereocenters. The first-order chi connectivity index (χ1) is 15.3. The number of benzene rings is 2. The fourth-order valence-electron chi connectivity index (χ4n) is 3.01. The number of nitrogens with zero attached hydrogens (tertiary/aromatic N) is 1. The Kier molecular flexibility index (Phi) is 7.48. The summed E-state index contributed by atoms with van der Waals surface area (Å²) in [5.74, 6) is -1.10. The van der Waals surface area contributed by atoms with Crippen LogP contribution in [0, 0.1) is 0 Å². The van der Waals surface area contributed by atoms with Gasteiger partial charge in [-0.05, 0) is 42.8 Å². The van der Waals surface area contributed by atoms with Gasteiger partial charge in [-0.2, -0.15) is 13.2 Å². The zero-order chi connectivity index (χ0) is 23.1. The summed E-state index contributed by atoms with van der Waals surface area (Å²) in [5.41, 5.74) is -0.194. The molecule has 0 saturated heterocycles. The summed E-state index contributed by atoms with van der Waals surface area (Å²) in [6.45, 7) is 1.57. The Morgan fingerprint density at radius 2 is 1.69 bits per heavy atom. The molecule has 0 saturated carbocycles. The first kappa shape index (κ1) is 23.3. The molecule has 0 bridgehead atoms. The smallest absolute Gasteiger partial charge is 0.330 e. The first-order valence-corrected chi connectivity index (χ1v) is 10.7. The largest absolute Gasteiger partial charge is 0.418 e. The second-order valence-electron chi connectivity index (χ2n) is 6.85. The van der Waals surface area contributed by atoms with Gasteiger partial charge in [-0.1, -0.05) is 42.5 Å². The first-order valence-electron chi connectivity index (χ1n) is 9.86. The van der Waals surface area contributed by atoms with Crippen molar-refractivity contribution in [2.24, 2.45) is 0 Å². The zero-order valence-corrected chi connectivity index (χ0v) is 18.0. The highest BCUT2D eigenvalue weighted by molar-refractivity contribution is 7.16. The lowest BCUT2D eigenvalue weighted by Crippen LogP contribution is -2.37. The summed E-state index contributed by atoms with van der Waals surface area (Å²) in [4.78, 5) is 28.0.